The van der Waals surface area contributed by atoms with E-state index in [0.29, 0.717) is 5.16 Å². The number of aromatic nitrogens is 3. The molecule has 0 unspecified atom stereocenters. The summed E-state index contributed by atoms with van der Waals surface area (Å²) in [5.41, 5.74) is 12.0. The molecule has 0 aliphatic heterocycles. The molecule has 1 atom stereocenters. The summed E-state index contributed by atoms with van der Waals surface area (Å²) in [6, 6.07) is 9.67. The zero-order valence-electron chi connectivity index (χ0n) is 11.5. The Bertz CT molecular complexity index is 601. The van der Waals surface area contributed by atoms with Gasteiger partial charge in [0.05, 0.1) is 11.8 Å². The van der Waals surface area contributed by atoms with E-state index in [-0.39, 0.29) is 29.6 Å². The Kier molecular flexibility index (Phi) is 4.94. The monoisotopic (exact) mass is 304 g/mol. The summed E-state index contributed by atoms with van der Waals surface area (Å²) < 4.78 is 0. The minimum absolute atomic E-state index is 0.0445. The van der Waals surface area contributed by atoms with Gasteiger partial charge in [-0.2, -0.15) is 15.0 Å². The van der Waals surface area contributed by atoms with E-state index < -0.39 is 0 Å². The minimum Gasteiger partial charge on any atom is -0.368 e. The van der Waals surface area contributed by atoms with Crippen LogP contribution in [0, 0.1) is 0 Å². The number of nitrogens with zero attached hydrogens (tertiary/aromatic N) is 3. The number of rotatable bonds is 5. The number of thioether (sulfide) groups is 1. The van der Waals surface area contributed by atoms with Gasteiger partial charge in [0, 0.05) is 0 Å². The summed E-state index contributed by atoms with van der Waals surface area (Å²) >= 11 is 1.16. The van der Waals surface area contributed by atoms with Crippen LogP contribution in [0.1, 0.15) is 18.5 Å². The van der Waals surface area contributed by atoms with Gasteiger partial charge in [0.1, 0.15) is 0 Å². The van der Waals surface area contributed by atoms with Crippen molar-refractivity contribution in [3.05, 3.63) is 35.9 Å². The molecule has 5 N–H and O–H groups in total. The number of benzene rings is 1. The molecule has 8 heteroatoms. The summed E-state index contributed by atoms with van der Waals surface area (Å²) in [6.45, 7) is 1.93. The largest absolute Gasteiger partial charge is 0.368 e. The summed E-state index contributed by atoms with van der Waals surface area (Å²) in [6.07, 6.45) is 0. The first-order valence-corrected chi connectivity index (χ1v) is 7.27. The number of anilines is 2. The van der Waals surface area contributed by atoms with Crippen LogP contribution in [0.3, 0.4) is 0 Å². The molecule has 2 aromatic rings. The lowest BCUT2D eigenvalue weighted by atomic mass is 10.1. The summed E-state index contributed by atoms with van der Waals surface area (Å²) in [4.78, 5) is 23.4. The predicted octanol–water partition coefficient (Wildman–Crippen LogP) is 1.01. The van der Waals surface area contributed by atoms with Crippen molar-refractivity contribution in [2.24, 2.45) is 0 Å². The molecular weight excluding hydrogens is 288 g/mol. The lowest BCUT2D eigenvalue weighted by Gasteiger charge is -2.13. The van der Waals surface area contributed by atoms with E-state index in [2.05, 4.69) is 20.3 Å². The number of nitrogens with one attached hydrogen (secondary N) is 1. The van der Waals surface area contributed by atoms with Crippen LogP contribution in [0.25, 0.3) is 0 Å². The maximum absolute atomic E-state index is 11.9. The maximum atomic E-state index is 11.9. The van der Waals surface area contributed by atoms with Gasteiger partial charge in [-0.15, -0.1) is 0 Å². The minimum atomic E-state index is -0.117. The van der Waals surface area contributed by atoms with Crippen LogP contribution in [0.2, 0.25) is 0 Å². The Balaban J connectivity index is 1.87. The molecule has 21 heavy (non-hydrogen) atoms. The first kappa shape index (κ1) is 15.0. The van der Waals surface area contributed by atoms with Crippen LogP contribution in [-0.2, 0) is 4.79 Å². The molecular formula is C13H16N6OS. The second kappa shape index (κ2) is 6.89. The van der Waals surface area contributed by atoms with Gasteiger partial charge in [0.2, 0.25) is 17.8 Å². The molecule has 1 amide bonds. The van der Waals surface area contributed by atoms with Gasteiger partial charge >= 0.3 is 0 Å². The highest BCUT2D eigenvalue weighted by Crippen LogP contribution is 2.15. The highest BCUT2D eigenvalue weighted by molar-refractivity contribution is 7.99. The van der Waals surface area contributed by atoms with Gasteiger partial charge in [0.15, 0.2) is 5.16 Å². The van der Waals surface area contributed by atoms with Crippen molar-refractivity contribution < 1.29 is 4.79 Å². The van der Waals surface area contributed by atoms with Crippen molar-refractivity contribution in [1.82, 2.24) is 20.3 Å². The van der Waals surface area contributed by atoms with Gasteiger partial charge in [-0.3, -0.25) is 4.79 Å². The average Bonchev–Trinajstić information content (AvgIpc) is 2.45. The van der Waals surface area contributed by atoms with Gasteiger partial charge in [-0.05, 0) is 12.5 Å². The highest BCUT2D eigenvalue weighted by Gasteiger charge is 2.11. The van der Waals surface area contributed by atoms with E-state index in [4.69, 9.17) is 11.5 Å². The zero-order chi connectivity index (χ0) is 15.2. The maximum Gasteiger partial charge on any atom is 0.230 e. The zero-order valence-corrected chi connectivity index (χ0v) is 12.3. The molecule has 0 saturated heterocycles. The van der Waals surface area contributed by atoms with Crippen LogP contribution in [0.15, 0.2) is 35.5 Å². The normalized spacial score (nSPS) is 11.9. The number of amides is 1. The second-order valence-corrected chi connectivity index (χ2v) is 5.27. The number of carbonyl (C=O) groups excluding carboxylic acids is 1. The number of hydrogen-bond acceptors (Lipinski definition) is 7. The fourth-order valence-corrected chi connectivity index (χ4v) is 2.35. The average molecular weight is 304 g/mol. The van der Waals surface area contributed by atoms with Gasteiger partial charge in [-0.25, -0.2) is 0 Å². The van der Waals surface area contributed by atoms with Crippen molar-refractivity contribution in [3.8, 4) is 0 Å². The Labute approximate surface area is 126 Å². The summed E-state index contributed by atoms with van der Waals surface area (Å²) in [7, 11) is 0. The van der Waals surface area contributed by atoms with Crippen LogP contribution < -0.4 is 16.8 Å². The van der Waals surface area contributed by atoms with E-state index >= 15 is 0 Å². The molecule has 1 aromatic heterocycles. The van der Waals surface area contributed by atoms with Gasteiger partial charge in [-0.1, -0.05) is 42.1 Å². The standard InChI is InChI=1S/C13H16N6OS/c1-8(9-5-3-2-4-6-9)16-10(20)7-21-13-18-11(14)17-12(15)19-13/h2-6,8H,7H2,1H3,(H,16,20)(H4,14,15,17,18,19)/t8-/m1/s1. The molecule has 0 spiro atoms. The molecule has 0 radical (unpaired) electrons. The van der Waals surface area contributed by atoms with Crippen LogP contribution in [0.5, 0.6) is 0 Å². The highest BCUT2D eigenvalue weighted by atomic mass is 32.2. The third kappa shape index (κ3) is 4.60. The fraction of sp³-hybridized carbons (Fsp3) is 0.231. The van der Waals surface area contributed by atoms with E-state index in [9.17, 15) is 4.79 Å². The molecule has 110 valence electrons. The summed E-state index contributed by atoms with van der Waals surface area (Å²) in [5, 5.41) is 3.24. The van der Waals surface area contributed by atoms with E-state index in [1.54, 1.807) is 0 Å². The molecule has 1 heterocycles. The second-order valence-electron chi connectivity index (χ2n) is 4.32. The molecule has 0 saturated carbocycles. The number of carbonyl (C=O) groups is 1. The van der Waals surface area contributed by atoms with Gasteiger partial charge < -0.3 is 16.8 Å². The quantitative estimate of drug-likeness (QED) is 0.705. The van der Waals surface area contributed by atoms with E-state index in [1.807, 2.05) is 37.3 Å². The number of hydrogen-bond donors (Lipinski definition) is 3. The van der Waals surface area contributed by atoms with Gasteiger partial charge in [0.25, 0.3) is 0 Å². The first-order chi connectivity index (χ1) is 10.0. The lowest BCUT2D eigenvalue weighted by molar-refractivity contribution is -0.119. The molecule has 1 aromatic carbocycles. The molecule has 0 aliphatic rings. The summed E-state index contributed by atoms with van der Waals surface area (Å²) in [5.74, 6) is 0.153. The van der Waals surface area contributed by atoms with Crippen molar-refractivity contribution in [1.29, 1.82) is 0 Å². The third-order valence-electron chi connectivity index (χ3n) is 2.66. The van der Waals surface area contributed by atoms with Crippen molar-refractivity contribution in [2.75, 3.05) is 17.2 Å². The van der Waals surface area contributed by atoms with E-state index in [0.717, 1.165) is 17.3 Å². The molecule has 0 bridgehead atoms. The van der Waals surface area contributed by atoms with Crippen molar-refractivity contribution >= 4 is 29.6 Å². The van der Waals surface area contributed by atoms with Crippen molar-refractivity contribution in [3.63, 3.8) is 0 Å². The van der Waals surface area contributed by atoms with E-state index in [1.165, 1.54) is 0 Å². The SMILES string of the molecule is C[C@@H](NC(=O)CSc1nc(N)nc(N)n1)c1ccccc1. The smallest absolute Gasteiger partial charge is 0.230 e. The lowest BCUT2D eigenvalue weighted by Crippen LogP contribution is -2.28. The third-order valence-corrected chi connectivity index (χ3v) is 3.51. The molecule has 0 fully saturated rings. The Morgan fingerprint density at radius 1 is 1.19 bits per heavy atom. The molecule has 0 aliphatic carbocycles. The van der Waals surface area contributed by atoms with Crippen molar-refractivity contribution in [2.45, 2.75) is 18.1 Å². The molecule has 7 nitrogen and oxygen atoms in total. The number of nitrogen functional groups attached to an aromatic ring is 2. The number of nitrogens with two attached hydrogens (primary N) is 2. The topological polar surface area (TPSA) is 120 Å². The Morgan fingerprint density at radius 3 is 2.43 bits per heavy atom. The Morgan fingerprint density at radius 2 is 1.81 bits per heavy atom. The molecule has 2 rings (SSSR count). The van der Waals surface area contributed by atoms with Crippen LogP contribution in [-0.4, -0.2) is 26.6 Å². The fourth-order valence-electron chi connectivity index (χ4n) is 1.69. The van der Waals surface area contributed by atoms with Crippen LogP contribution >= 0.6 is 11.8 Å². The Hall–Kier alpha value is -2.35. The van der Waals surface area contributed by atoms with Crippen LogP contribution in [0.4, 0.5) is 11.9 Å². The first-order valence-electron chi connectivity index (χ1n) is 6.28. The predicted molar refractivity (Wildman–Crippen MR) is 82.4 cm³/mol.